The van der Waals surface area contributed by atoms with Crippen LogP contribution in [-0.2, 0) is 9.59 Å². The average molecular weight is 312 g/mol. The summed E-state index contributed by atoms with van der Waals surface area (Å²) in [6.07, 6.45) is 0.192. The van der Waals surface area contributed by atoms with Gasteiger partial charge in [-0.15, -0.1) is 0 Å². The van der Waals surface area contributed by atoms with Gasteiger partial charge >= 0.3 is 0 Å². The van der Waals surface area contributed by atoms with Crippen molar-refractivity contribution in [1.82, 2.24) is 5.43 Å². The second-order valence-electron chi connectivity index (χ2n) is 5.14. The van der Waals surface area contributed by atoms with Crippen molar-refractivity contribution in [2.24, 2.45) is 21.9 Å². The summed E-state index contributed by atoms with van der Waals surface area (Å²) in [5.74, 6) is -0.664. The van der Waals surface area contributed by atoms with E-state index in [0.29, 0.717) is 12.1 Å². The van der Waals surface area contributed by atoms with Crippen LogP contribution in [0.5, 0.6) is 0 Å². The molecule has 1 atom stereocenters. The van der Waals surface area contributed by atoms with Crippen molar-refractivity contribution >= 4 is 28.9 Å². The lowest BCUT2D eigenvalue weighted by Crippen LogP contribution is -2.31. The monoisotopic (exact) mass is 312 g/mol. The molecule has 1 aliphatic rings. The van der Waals surface area contributed by atoms with Crippen LogP contribution >= 0.6 is 0 Å². The second-order valence-corrected chi connectivity index (χ2v) is 5.14. The molecule has 1 aliphatic heterocycles. The van der Waals surface area contributed by atoms with Crippen LogP contribution in [0.4, 0.5) is 5.69 Å². The van der Waals surface area contributed by atoms with Crippen molar-refractivity contribution in [2.75, 3.05) is 5.43 Å². The zero-order chi connectivity index (χ0) is 16.8. The first-order valence-corrected chi connectivity index (χ1v) is 6.97. The van der Waals surface area contributed by atoms with Crippen LogP contribution in [0.3, 0.4) is 0 Å². The summed E-state index contributed by atoms with van der Waals surface area (Å²) in [5, 5.41) is 16.8. The van der Waals surface area contributed by atoms with Crippen LogP contribution in [0.15, 0.2) is 34.5 Å². The Morgan fingerprint density at radius 3 is 2.78 bits per heavy atom. The topological polar surface area (TPSA) is 133 Å². The Balaban J connectivity index is 2.08. The number of nitrogens with one attached hydrogen (secondary N) is 2. The lowest BCUT2D eigenvalue weighted by atomic mass is 9.94. The molecular weight excluding hydrogens is 296 g/mol. The van der Waals surface area contributed by atoms with Gasteiger partial charge in [0.05, 0.1) is 17.8 Å². The van der Waals surface area contributed by atoms with Crippen molar-refractivity contribution in [1.29, 1.82) is 5.26 Å². The molecule has 0 aromatic heterocycles. The second kappa shape index (κ2) is 7.17. The molecule has 0 radical (unpaired) electrons. The summed E-state index contributed by atoms with van der Waals surface area (Å²) in [6, 6.07) is 9.02. The fraction of sp³-hybridized carbons (Fsp3) is 0.267. The van der Waals surface area contributed by atoms with E-state index in [2.05, 4.69) is 21.1 Å². The Labute approximate surface area is 133 Å². The Bertz CT molecular complexity index is 714. The van der Waals surface area contributed by atoms with Crippen LogP contribution < -0.4 is 16.6 Å². The van der Waals surface area contributed by atoms with E-state index in [0.717, 1.165) is 11.3 Å². The SMILES string of the molecule is C[C@@H]1CC(=O)NN=C1c1ccc(N/N=C(/C#N)CC(N)=O)cc1. The van der Waals surface area contributed by atoms with Gasteiger partial charge in [-0.3, -0.25) is 15.0 Å². The minimum atomic E-state index is -0.617. The van der Waals surface area contributed by atoms with E-state index in [-0.39, 0.29) is 24.0 Å². The molecule has 2 rings (SSSR count). The van der Waals surface area contributed by atoms with Crippen LogP contribution in [0.2, 0.25) is 0 Å². The Hall–Kier alpha value is -3.21. The molecule has 1 aromatic carbocycles. The average Bonchev–Trinajstić information content (AvgIpc) is 2.52. The number of anilines is 1. The van der Waals surface area contributed by atoms with Gasteiger partial charge in [-0.2, -0.15) is 15.5 Å². The smallest absolute Gasteiger partial charge is 0.240 e. The molecule has 8 heteroatoms. The van der Waals surface area contributed by atoms with Crippen LogP contribution in [0, 0.1) is 17.2 Å². The van der Waals surface area contributed by atoms with E-state index in [1.807, 2.05) is 19.1 Å². The lowest BCUT2D eigenvalue weighted by Gasteiger charge is -2.19. The first-order chi connectivity index (χ1) is 11.0. The Kier molecular flexibility index (Phi) is 5.04. The van der Waals surface area contributed by atoms with E-state index in [1.165, 1.54) is 0 Å². The summed E-state index contributed by atoms with van der Waals surface area (Å²) in [6.45, 7) is 1.94. The van der Waals surface area contributed by atoms with Crippen LogP contribution in [-0.4, -0.2) is 23.2 Å². The molecule has 0 unspecified atom stereocenters. The van der Waals surface area contributed by atoms with Crippen molar-refractivity contribution < 1.29 is 9.59 Å². The number of hydrazone groups is 2. The Morgan fingerprint density at radius 2 is 2.22 bits per heavy atom. The van der Waals surface area contributed by atoms with E-state index < -0.39 is 5.91 Å². The zero-order valence-electron chi connectivity index (χ0n) is 12.5. The molecule has 0 fully saturated rings. The number of carbonyl (C=O) groups is 2. The van der Waals surface area contributed by atoms with Gasteiger partial charge in [0.2, 0.25) is 11.8 Å². The van der Waals surface area contributed by atoms with Crippen molar-refractivity contribution in [3.05, 3.63) is 29.8 Å². The van der Waals surface area contributed by atoms with Gasteiger partial charge in [0.1, 0.15) is 11.8 Å². The molecule has 0 aliphatic carbocycles. The number of primary amides is 1. The number of benzene rings is 1. The first kappa shape index (κ1) is 16.2. The third-order valence-electron chi connectivity index (χ3n) is 3.23. The van der Waals surface area contributed by atoms with Crippen LogP contribution in [0.1, 0.15) is 25.3 Å². The highest BCUT2D eigenvalue weighted by Gasteiger charge is 2.21. The summed E-state index contributed by atoms with van der Waals surface area (Å²) >= 11 is 0. The lowest BCUT2D eigenvalue weighted by molar-refractivity contribution is -0.122. The largest absolute Gasteiger partial charge is 0.369 e. The number of carbonyl (C=O) groups excluding carboxylic acids is 2. The predicted molar refractivity (Wildman–Crippen MR) is 85.4 cm³/mol. The molecule has 1 aromatic rings. The van der Waals surface area contributed by atoms with E-state index in [9.17, 15) is 9.59 Å². The molecule has 8 nitrogen and oxygen atoms in total. The minimum absolute atomic E-state index is 0.00886. The van der Waals surface area contributed by atoms with Crippen molar-refractivity contribution in [3.63, 3.8) is 0 Å². The molecule has 118 valence electrons. The number of rotatable bonds is 5. The molecule has 4 N–H and O–H groups in total. The van der Waals surface area contributed by atoms with Gasteiger partial charge in [-0.05, 0) is 17.7 Å². The quantitative estimate of drug-likeness (QED) is 0.545. The van der Waals surface area contributed by atoms with Gasteiger partial charge in [0.15, 0.2) is 0 Å². The number of nitriles is 1. The van der Waals surface area contributed by atoms with Crippen molar-refractivity contribution in [3.8, 4) is 6.07 Å². The standard InChI is InChI=1S/C15H16N6O2/c1-9-6-14(23)20-21-15(9)10-2-4-11(5-3-10)18-19-12(8-16)7-13(17)22/h2-5,9,18H,6-7H2,1H3,(H2,17,22)(H,20,23)/b19-12+/t9-/m1/s1. The molecule has 23 heavy (non-hydrogen) atoms. The highest BCUT2D eigenvalue weighted by molar-refractivity contribution is 6.09. The van der Waals surface area contributed by atoms with Gasteiger partial charge in [0, 0.05) is 12.3 Å². The third-order valence-corrected chi connectivity index (χ3v) is 3.23. The first-order valence-electron chi connectivity index (χ1n) is 6.97. The fourth-order valence-corrected chi connectivity index (χ4v) is 2.12. The van der Waals surface area contributed by atoms with E-state index >= 15 is 0 Å². The van der Waals surface area contributed by atoms with E-state index in [4.69, 9.17) is 11.0 Å². The molecule has 1 heterocycles. The maximum Gasteiger partial charge on any atom is 0.240 e. The fourth-order valence-electron chi connectivity index (χ4n) is 2.12. The predicted octanol–water partition coefficient (Wildman–Crippen LogP) is 0.714. The number of amides is 2. The van der Waals surface area contributed by atoms with Crippen molar-refractivity contribution in [2.45, 2.75) is 19.8 Å². The molecule has 2 amide bonds. The normalized spacial score (nSPS) is 17.7. The number of hydrogen-bond donors (Lipinski definition) is 3. The minimum Gasteiger partial charge on any atom is -0.369 e. The highest BCUT2D eigenvalue weighted by Crippen LogP contribution is 2.18. The van der Waals surface area contributed by atoms with Gasteiger partial charge in [-0.25, -0.2) is 5.43 Å². The van der Waals surface area contributed by atoms with Gasteiger partial charge in [0.25, 0.3) is 0 Å². The summed E-state index contributed by atoms with van der Waals surface area (Å²) in [5.41, 5.74) is 12.6. The molecule has 0 spiro atoms. The maximum absolute atomic E-state index is 11.3. The molecule has 0 bridgehead atoms. The van der Waals surface area contributed by atoms with Gasteiger partial charge < -0.3 is 5.73 Å². The zero-order valence-corrected chi connectivity index (χ0v) is 12.5. The third kappa shape index (κ3) is 4.38. The van der Waals surface area contributed by atoms with E-state index in [1.54, 1.807) is 18.2 Å². The molecular formula is C15H16N6O2. The number of hydrogen-bond acceptors (Lipinski definition) is 6. The number of nitrogens with two attached hydrogens (primary N) is 1. The van der Waals surface area contributed by atoms with Crippen LogP contribution in [0.25, 0.3) is 0 Å². The van der Waals surface area contributed by atoms with Gasteiger partial charge in [-0.1, -0.05) is 19.1 Å². The molecule has 0 saturated heterocycles. The summed E-state index contributed by atoms with van der Waals surface area (Å²) in [7, 11) is 0. The maximum atomic E-state index is 11.3. The summed E-state index contributed by atoms with van der Waals surface area (Å²) in [4.78, 5) is 22.0. The summed E-state index contributed by atoms with van der Waals surface area (Å²) < 4.78 is 0. The Morgan fingerprint density at radius 1 is 1.52 bits per heavy atom. The number of nitrogens with zero attached hydrogens (tertiary/aromatic N) is 3. The molecule has 0 saturated carbocycles. The highest BCUT2D eigenvalue weighted by atomic mass is 16.2.